The topological polar surface area (TPSA) is 24.5 Å². The quantitative estimate of drug-likeness (QED) is 0.727. The van der Waals surface area contributed by atoms with Crippen molar-refractivity contribution in [2.24, 2.45) is 0 Å². The summed E-state index contributed by atoms with van der Waals surface area (Å²) >= 11 is 0. The molecule has 0 aromatic heterocycles. The molecule has 0 bridgehead atoms. The third-order valence-corrected chi connectivity index (χ3v) is 2.93. The first-order valence-corrected chi connectivity index (χ1v) is 7.29. The molecule has 1 aliphatic rings. The molecule has 1 unspecified atom stereocenters. The number of nitrogens with one attached hydrogen (secondary N) is 1. The number of hydrogen-bond acceptors (Lipinski definition) is 3. The van der Waals surface area contributed by atoms with E-state index >= 15 is 0 Å². The lowest BCUT2D eigenvalue weighted by Gasteiger charge is -2.32. The lowest BCUT2D eigenvalue weighted by Crippen LogP contribution is -2.42. The highest BCUT2D eigenvalue weighted by Gasteiger charge is 2.18. The second-order valence-corrected chi connectivity index (χ2v) is 4.64. The number of rotatable bonds is 6. The predicted molar refractivity (Wildman–Crippen MR) is 75.6 cm³/mol. The average molecular weight is 244 g/mol. The van der Waals surface area contributed by atoms with Gasteiger partial charge in [0.1, 0.15) is 0 Å². The van der Waals surface area contributed by atoms with Crippen molar-refractivity contribution >= 4 is 0 Å². The Morgan fingerprint density at radius 3 is 2.65 bits per heavy atom. The van der Waals surface area contributed by atoms with Gasteiger partial charge in [0, 0.05) is 19.1 Å². The minimum atomic E-state index is 0.465. The van der Waals surface area contributed by atoms with Gasteiger partial charge in [-0.2, -0.15) is 0 Å². The molecule has 1 N–H and O–H groups in total. The van der Waals surface area contributed by atoms with E-state index in [1.165, 1.54) is 12.8 Å². The number of nitrogens with zero attached hydrogens (tertiary/aromatic N) is 1. The van der Waals surface area contributed by atoms with Crippen molar-refractivity contribution in [3.8, 4) is 0 Å². The van der Waals surface area contributed by atoms with Crippen LogP contribution in [-0.2, 0) is 4.74 Å². The Kier molecular flexibility index (Phi) is 10.9. The number of ether oxygens (including phenoxy) is 1. The van der Waals surface area contributed by atoms with E-state index in [4.69, 9.17) is 4.74 Å². The minimum absolute atomic E-state index is 0.465. The van der Waals surface area contributed by atoms with E-state index in [0.29, 0.717) is 12.1 Å². The lowest BCUT2D eigenvalue weighted by atomic mass is 10.1. The summed E-state index contributed by atoms with van der Waals surface area (Å²) in [7, 11) is 0. The molecule has 3 heteroatoms. The van der Waals surface area contributed by atoms with Crippen molar-refractivity contribution in [1.29, 1.82) is 0 Å². The number of likely N-dealkylation sites (N-methyl/N-ethyl adjacent to an activating group) is 1. The van der Waals surface area contributed by atoms with Crippen molar-refractivity contribution in [2.45, 2.75) is 59.6 Å². The number of morpholine rings is 1. The van der Waals surface area contributed by atoms with Gasteiger partial charge in [0.25, 0.3) is 0 Å². The molecule has 3 nitrogen and oxygen atoms in total. The molecule has 1 aliphatic heterocycles. The van der Waals surface area contributed by atoms with Crippen LogP contribution < -0.4 is 5.32 Å². The minimum Gasteiger partial charge on any atom is -0.376 e. The van der Waals surface area contributed by atoms with Crippen LogP contribution in [0.4, 0.5) is 0 Å². The van der Waals surface area contributed by atoms with Crippen molar-refractivity contribution in [2.75, 3.05) is 32.8 Å². The lowest BCUT2D eigenvalue weighted by molar-refractivity contribution is -0.0309. The van der Waals surface area contributed by atoms with Crippen LogP contribution >= 0.6 is 0 Å². The van der Waals surface area contributed by atoms with Crippen LogP contribution in [0.2, 0.25) is 0 Å². The first-order valence-electron chi connectivity index (χ1n) is 7.29. The van der Waals surface area contributed by atoms with E-state index in [1.807, 2.05) is 13.8 Å². The molecule has 1 heterocycles. The summed E-state index contributed by atoms with van der Waals surface area (Å²) in [6, 6.07) is 0.601. The Balaban J connectivity index is 0.00000121. The van der Waals surface area contributed by atoms with E-state index in [1.54, 1.807) is 0 Å². The van der Waals surface area contributed by atoms with Crippen LogP contribution in [0, 0.1) is 0 Å². The fourth-order valence-corrected chi connectivity index (χ4v) is 1.96. The summed E-state index contributed by atoms with van der Waals surface area (Å²) < 4.78 is 5.75. The molecule has 0 radical (unpaired) electrons. The molecule has 0 spiro atoms. The van der Waals surface area contributed by atoms with Crippen LogP contribution in [0.3, 0.4) is 0 Å². The Morgan fingerprint density at radius 1 is 1.35 bits per heavy atom. The van der Waals surface area contributed by atoms with Gasteiger partial charge in [-0.25, -0.2) is 0 Å². The SMILES string of the molecule is CC.CCN1CCOC(CCCNC(C)C)C1. The van der Waals surface area contributed by atoms with Gasteiger partial charge in [0.2, 0.25) is 0 Å². The first kappa shape index (κ1) is 16.9. The smallest absolute Gasteiger partial charge is 0.0703 e. The van der Waals surface area contributed by atoms with Crippen LogP contribution in [-0.4, -0.2) is 49.8 Å². The maximum absolute atomic E-state index is 5.75. The predicted octanol–water partition coefficient (Wildman–Crippen LogP) is 2.51. The third kappa shape index (κ3) is 8.58. The Bertz CT molecular complexity index is 162. The van der Waals surface area contributed by atoms with E-state index in [-0.39, 0.29) is 0 Å². The molecule has 1 rings (SSSR count). The monoisotopic (exact) mass is 244 g/mol. The summed E-state index contributed by atoms with van der Waals surface area (Å²) in [4.78, 5) is 2.48. The highest BCUT2D eigenvalue weighted by molar-refractivity contribution is 4.71. The normalized spacial score (nSPS) is 21.2. The molecule has 0 aromatic rings. The molecule has 17 heavy (non-hydrogen) atoms. The van der Waals surface area contributed by atoms with Crippen LogP contribution in [0.1, 0.15) is 47.5 Å². The Morgan fingerprint density at radius 2 is 2.06 bits per heavy atom. The Hall–Kier alpha value is -0.120. The van der Waals surface area contributed by atoms with Crippen LogP contribution in [0.15, 0.2) is 0 Å². The summed E-state index contributed by atoms with van der Waals surface area (Å²) in [5.74, 6) is 0. The zero-order valence-corrected chi connectivity index (χ0v) is 12.5. The van der Waals surface area contributed by atoms with Crippen molar-refractivity contribution in [3.05, 3.63) is 0 Å². The molecular weight excluding hydrogens is 212 g/mol. The molecule has 0 amide bonds. The molecule has 0 aliphatic carbocycles. The molecule has 0 saturated carbocycles. The molecular formula is C14H32N2O. The zero-order chi connectivity index (χ0) is 13.1. The van der Waals surface area contributed by atoms with Gasteiger partial charge in [-0.3, -0.25) is 4.90 Å². The largest absolute Gasteiger partial charge is 0.376 e. The summed E-state index contributed by atoms with van der Waals surface area (Å²) in [6.45, 7) is 16.0. The molecule has 0 aromatic carbocycles. The van der Waals surface area contributed by atoms with E-state index < -0.39 is 0 Å². The fourth-order valence-electron chi connectivity index (χ4n) is 1.96. The van der Waals surface area contributed by atoms with Crippen molar-refractivity contribution < 1.29 is 4.74 Å². The van der Waals surface area contributed by atoms with E-state index in [0.717, 1.165) is 32.8 Å². The van der Waals surface area contributed by atoms with Gasteiger partial charge >= 0.3 is 0 Å². The van der Waals surface area contributed by atoms with Gasteiger partial charge in [-0.15, -0.1) is 0 Å². The van der Waals surface area contributed by atoms with Crippen molar-refractivity contribution in [3.63, 3.8) is 0 Å². The fraction of sp³-hybridized carbons (Fsp3) is 1.00. The average Bonchev–Trinajstić information content (AvgIpc) is 2.37. The maximum Gasteiger partial charge on any atom is 0.0703 e. The van der Waals surface area contributed by atoms with Gasteiger partial charge in [-0.1, -0.05) is 34.6 Å². The molecule has 1 fully saturated rings. The zero-order valence-electron chi connectivity index (χ0n) is 12.5. The Labute approximate surface area is 108 Å². The summed E-state index contributed by atoms with van der Waals surface area (Å²) in [5, 5.41) is 3.44. The van der Waals surface area contributed by atoms with Gasteiger partial charge in [0.15, 0.2) is 0 Å². The maximum atomic E-state index is 5.75. The van der Waals surface area contributed by atoms with E-state index in [2.05, 4.69) is 31.0 Å². The first-order chi connectivity index (χ1) is 8.22. The summed E-state index contributed by atoms with van der Waals surface area (Å²) in [6.07, 6.45) is 2.88. The molecule has 1 saturated heterocycles. The number of hydrogen-bond donors (Lipinski definition) is 1. The third-order valence-electron chi connectivity index (χ3n) is 2.93. The second kappa shape index (κ2) is 11.0. The van der Waals surface area contributed by atoms with Crippen molar-refractivity contribution in [1.82, 2.24) is 10.2 Å². The van der Waals surface area contributed by atoms with Gasteiger partial charge < -0.3 is 10.1 Å². The second-order valence-electron chi connectivity index (χ2n) is 4.64. The highest BCUT2D eigenvalue weighted by Crippen LogP contribution is 2.09. The molecule has 104 valence electrons. The highest BCUT2D eigenvalue weighted by atomic mass is 16.5. The van der Waals surface area contributed by atoms with Crippen LogP contribution in [0.25, 0.3) is 0 Å². The molecule has 1 atom stereocenters. The van der Waals surface area contributed by atoms with Gasteiger partial charge in [0.05, 0.1) is 12.7 Å². The van der Waals surface area contributed by atoms with Gasteiger partial charge in [-0.05, 0) is 25.9 Å². The van der Waals surface area contributed by atoms with Crippen LogP contribution in [0.5, 0.6) is 0 Å². The summed E-state index contributed by atoms with van der Waals surface area (Å²) in [5.41, 5.74) is 0. The standard InChI is InChI=1S/C12H26N2O.C2H6/c1-4-14-8-9-15-12(10-14)6-5-7-13-11(2)3;1-2/h11-13H,4-10H2,1-3H3;1-2H3. The van der Waals surface area contributed by atoms with E-state index in [9.17, 15) is 0 Å².